The zero-order valence-corrected chi connectivity index (χ0v) is 20.7. The van der Waals surface area contributed by atoms with Crippen LogP contribution in [0.15, 0.2) is 6.33 Å². The van der Waals surface area contributed by atoms with Gasteiger partial charge < -0.3 is 30.0 Å². The number of ether oxygens (including phenoxy) is 1. The molecule has 6 atom stereocenters. The van der Waals surface area contributed by atoms with Crippen LogP contribution in [0.2, 0.25) is 0 Å². The molecule has 2 unspecified atom stereocenters. The van der Waals surface area contributed by atoms with Crippen LogP contribution in [0.1, 0.15) is 25.9 Å². The predicted octanol–water partition coefficient (Wildman–Crippen LogP) is 1.59. The Hall–Kier alpha value is -0.990. The van der Waals surface area contributed by atoms with Gasteiger partial charge in [-0.15, -0.1) is 11.6 Å². The van der Waals surface area contributed by atoms with E-state index in [1.165, 1.54) is 10.9 Å². The minimum absolute atomic E-state index is 0.155. The van der Waals surface area contributed by atoms with Crippen molar-refractivity contribution in [2.75, 3.05) is 12.3 Å². The van der Waals surface area contributed by atoms with Crippen molar-refractivity contribution in [3.63, 3.8) is 0 Å². The van der Waals surface area contributed by atoms with Gasteiger partial charge in [0.1, 0.15) is 11.3 Å². The van der Waals surface area contributed by atoms with Gasteiger partial charge in [-0.25, -0.2) is 28.6 Å². The zero-order valence-electron chi connectivity index (χ0n) is 17.2. The summed E-state index contributed by atoms with van der Waals surface area (Å²) in [7, 11) is -16.4. The molecule has 20 heteroatoms. The van der Waals surface area contributed by atoms with Crippen molar-refractivity contribution in [2.24, 2.45) is 5.92 Å². The third-order valence-corrected chi connectivity index (χ3v) is 9.20. The van der Waals surface area contributed by atoms with Gasteiger partial charge in [0.2, 0.25) is 0 Å². The molecule has 0 spiro atoms. The maximum absolute atomic E-state index is 12.0. The number of alkyl halides is 1. The lowest BCUT2D eigenvalue weighted by atomic mass is 9.92. The number of phosphoric ester groups is 1. The highest BCUT2D eigenvalue weighted by Gasteiger charge is 2.52. The second-order valence-electron chi connectivity index (χ2n) is 7.33. The summed E-state index contributed by atoms with van der Waals surface area (Å²) in [6.45, 7) is 4.31. The van der Waals surface area contributed by atoms with E-state index in [2.05, 4.69) is 28.1 Å². The van der Waals surface area contributed by atoms with E-state index in [0.29, 0.717) is 17.0 Å². The number of aromatic nitrogens is 4. The van der Waals surface area contributed by atoms with E-state index in [0.717, 1.165) is 0 Å². The van der Waals surface area contributed by atoms with Crippen LogP contribution >= 0.6 is 35.1 Å². The Labute approximate surface area is 191 Å². The molecule has 2 aromatic heterocycles. The molecule has 3 rings (SSSR count). The Morgan fingerprint density at radius 3 is 2.45 bits per heavy atom. The molecule has 1 fully saturated rings. The number of hydrogen-bond donors (Lipinski definition) is 5. The molecule has 0 amide bonds. The van der Waals surface area contributed by atoms with Crippen LogP contribution in [0.4, 0.5) is 5.82 Å². The quantitative estimate of drug-likeness (QED) is 0.231. The van der Waals surface area contributed by atoms with Crippen molar-refractivity contribution in [1.82, 2.24) is 19.5 Å². The lowest BCUT2D eigenvalue weighted by Gasteiger charge is -2.27. The summed E-state index contributed by atoms with van der Waals surface area (Å²) in [5.41, 5.74) is 6.55. The molecule has 1 saturated heterocycles. The molecule has 0 aliphatic carbocycles. The molecule has 0 aromatic carbocycles. The number of aryl methyl sites for hydroxylation is 1. The number of halogens is 1. The van der Waals surface area contributed by atoms with E-state index in [-0.39, 0.29) is 5.82 Å². The summed E-state index contributed by atoms with van der Waals surface area (Å²) in [5, 5.41) is 0. The van der Waals surface area contributed by atoms with Gasteiger partial charge in [0, 0.05) is 5.92 Å². The average molecular weight is 552 g/mol. The van der Waals surface area contributed by atoms with Gasteiger partial charge >= 0.3 is 23.5 Å². The zero-order chi connectivity index (χ0) is 25.0. The minimum Gasteiger partial charge on any atom is -0.382 e. The fourth-order valence-corrected chi connectivity index (χ4v) is 6.55. The van der Waals surface area contributed by atoms with Crippen LogP contribution in [0, 0.1) is 12.8 Å². The number of rotatable bonds is 8. The smallest absolute Gasteiger partial charge is 0.382 e. The van der Waals surface area contributed by atoms with E-state index in [1.807, 2.05) is 0 Å². The van der Waals surface area contributed by atoms with Crippen LogP contribution in [0.25, 0.3) is 11.2 Å². The highest BCUT2D eigenvalue weighted by atomic mass is 35.5. The minimum atomic E-state index is -5.63. The van der Waals surface area contributed by atoms with Gasteiger partial charge in [-0.05, 0) is 13.8 Å². The molecule has 2 aromatic rings. The standard InChI is InChI=1S/C13H21ClN5O11P3/c1-6-8(4-27-32(23,24)30-33(25,26)29-31(20,21)22)28-12(13(6,3)14)19-5-16-9-10(15)17-7(2)18-11(9)19/h5-6,8,12H,4H2,1-3H3,(H,23,24)(H,25,26)(H2,15,17,18)(H2,20,21,22)/t6-,8-,12-,13-/m1/s1. The maximum Gasteiger partial charge on any atom is 0.490 e. The molecule has 33 heavy (non-hydrogen) atoms. The first-order chi connectivity index (χ1) is 14.9. The molecule has 1 aliphatic heterocycles. The third kappa shape index (κ3) is 5.99. The molecule has 1 aliphatic rings. The summed E-state index contributed by atoms with van der Waals surface area (Å²) in [5.74, 6) is 0.0187. The Morgan fingerprint density at radius 1 is 1.21 bits per heavy atom. The van der Waals surface area contributed by atoms with Crippen LogP contribution in [-0.4, -0.2) is 56.7 Å². The van der Waals surface area contributed by atoms with E-state index in [9.17, 15) is 23.5 Å². The molecular formula is C13H21ClN5O11P3. The fourth-order valence-electron chi connectivity index (χ4n) is 3.22. The Bertz CT molecular complexity index is 1200. The Morgan fingerprint density at radius 2 is 1.85 bits per heavy atom. The Kier molecular flexibility index (Phi) is 7.18. The Balaban J connectivity index is 1.77. The van der Waals surface area contributed by atoms with E-state index in [4.69, 9.17) is 31.9 Å². The monoisotopic (exact) mass is 551 g/mol. The molecule has 186 valence electrons. The first-order valence-electron chi connectivity index (χ1n) is 9.01. The highest BCUT2D eigenvalue weighted by Crippen LogP contribution is 2.66. The summed E-state index contributed by atoms with van der Waals surface area (Å²) < 4.78 is 53.7. The van der Waals surface area contributed by atoms with Gasteiger partial charge in [0.25, 0.3) is 0 Å². The van der Waals surface area contributed by atoms with Crippen molar-refractivity contribution in [1.29, 1.82) is 0 Å². The van der Waals surface area contributed by atoms with Crippen LogP contribution < -0.4 is 5.73 Å². The molecule has 0 radical (unpaired) electrons. The average Bonchev–Trinajstić information content (AvgIpc) is 3.10. The van der Waals surface area contributed by atoms with Crippen LogP contribution in [0.3, 0.4) is 0 Å². The number of nitrogen functional groups attached to an aromatic ring is 1. The van der Waals surface area contributed by atoms with E-state index >= 15 is 0 Å². The number of nitrogens with zero attached hydrogens (tertiary/aromatic N) is 4. The van der Waals surface area contributed by atoms with Crippen molar-refractivity contribution in [3.05, 3.63) is 12.2 Å². The molecule has 3 heterocycles. The molecular weight excluding hydrogens is 531 g/mol. The van der Waals surface area contributed by atoms with Gasteiger partial charge in [-0.2, -0.15) is 8.62 Å². The van der Waals surface area contributed by atoms with Crippen molar-refractivity contribution in [2.45, 2.75) is 38.0 Å². The number of imidazole rings is 1. The largest absolute Gasteiger partial charge is 0.490 e. The second-order valence-corrected chi connectivity index (χ2v) is 12.6. The first-order valence-corrected chi connectivity index (χ1v) is 13.9. The van der Waals surface area contributed by atoms with Crippen LogP contribution in [-0.2, 0) is 31.6 Å². The second kappa shape index (κ2) is 8.90. The number of hydrogen-bond acceptors (Lipinski definition) is 11. The van der Waals surface area contributed by atoms with Crippen molar-refractivity contribution >= 4 is 52.1 Å². The first kappa shape index (κ1) is 26.6. The van der Waals surface area contributed by atoms with E-state index in [1.54, 1.807) is 20.8 Å². The topological polar surface area (TPSA) is 239 Å². The lowest BCUT2D eigenvalue weighted by molar-refractivity contribution is -0.0310. The maximum atomic E-state index is 12.0. The number of anilines is 1. The molecule has 16 nitrogen and oxygen atoms in total. The normalized spacial score (nSPS) is 29.8. The van der Waals surface area contributed by atoms with Crippen molar-refractivity contribution in [3.8, 4) is 0 Å². The highest BCUT2D eigenvalue weighted by molar-refractivity contribution is 7.66. The van der Waals surface area contributed by atoms with Crippen LogP contribution in [0.5, 0.6) is 0 Å². The number of nitrogens with two attached hydrogens (primary N) is 1. The molecule has 0 saturated carbocycles. The molecule has 0 bridgehead atoms. The summed E-state index contributed by atoms with van der Waals surface area (Å²) in [6, 6.07) is 0. The molecule has 6 N–H and O–H groups in total. The van der Waals surface area contributed by atoms with Gasteiger partial charge in [-0.3, -0.25) is 9.09 Å². The number of fused-ring (bicyclic) bond motifs is 1. The predicted molar refractivity (Wildman–Crippen MR) is 112 cm³/mol. The SMILES string of the molecule is Cc1nc(N)c2ncn([C@@H]3O[C@H](COP(=O)(O)OP(=O)(O)OP(=O)(O)O)[C@@H](C)[C@@]3(C)Cl)c2n1. The summed E-state index contributed by atoms with van der Waals surface area (Å²) >= 11 is 6.72. The summed E-state index contributed by atoms with van der Waals surface area (Å²) in [4.78, 5) is 47.5. The number of phosphoric acid groups is 3. The summed E-state index contributed by atoms with van der Waals surface area (Å²) in [6.07, 6.45) is -0.416. The third-order valence-electron chi connectivity index (χ3n) is 4.87. The van der Waals surface area contributed by atoms with Gasteiger partial charge in [-0.1, -0.05) is 6.92 Å². The van der Waals surface area contributed by atoms with Crippen molar-refractivity contribution < 1.29 is 51.2 Å². The van der Waals surface area contributed by atoms with E-state index < -0.39 is 53.2 Å². The van der Waals surface area contributed by atoms with Gasteiger partial charge in [0.15, 0.2) is 17.7 Å². The fraction of sp³-hybridized carbons (Fsp3) is 0.615. The lowest BCUT2D eigenvalue weighted by Crippen LogP contribution is -2.33. The van der Waals surface area contributed by atoms with Gasteiger partial charge in [0.05, 0.1) is 23.9 Å².